The molecule has 3 heteroatoms. The molecule has 2 N–H and O–H groups in total. The minimum atomic E-state index is -0.723. The van der Waals surface area contributed by atoms with Crippen LogP contribution in [0.3, 0.4) is 0 Å². The molecule has 0 aromatic carbocycles. The molecule has 0 rings (SSSR count). The average molecular weight is 315 g/mol. The zero-order valence-corrected chi connectivity index (χ0v) is 14.6. The van der Waals surface area contributed by atoms with E-state index in [9.17, 15) is 0 Å². The summed E-state index contributed by atoms with van der Waals surface area (Å²) >= 11 is 0. The average Bonchev–Trinajstić information content (AvgIpc) is 2.54. The first-order valence-electron chi connectivity index (χ1n) is 9.33. The normalized spacial score (nSPS) is 13.0. The summed E-state index contributed by atoms with van der Waals surface area (Å²) in [5, 5.41) is 17.7. The van der Waals surface area contributed by atoms with Crippen molar-refractivity contribution in [3.63, 3.8) is 0 Å². The zero-order chi connectivity index (χ0) is 16.3. The summed E-state index contributed by atoms with van der Waals surface area (Å²) < 4.78 is 5.27. The van der Waals surface area contributed by atoms with Gasteiger partial charge in [-0.05, 0) is 32.1 Å². The Kier molecular flexibility index (Phi) is 18.3. The number of unbranched alkanes of at least 4 members (excludes halogenated alkanes) is 10. The number of aliphatic hydroxyl groups excluding tert-OH is 2. The number of allylic oxidation sites excluding steroid dienone is 2. The van der Waals surface area contributed by atoms with Gasteiger partial charge in [0.1, 0.15) is 6.10 Å². The second-order valence-corrected chi connectivity index (χ2v) is 6.14. The van der Waals surface area contributed by atoms with Gasteiger partial charge in [0.15, 0.2) is 0 Å². The first-order chi connectivity index (χ1) is 10.8. The van der Waals surface area contributed by atoms with E-state index in [1.165, 1.54) is 70.6 Å². The predicted molar refractivity (Wildman–Crippen MR) is 94.1 cm³/mol. The fourth-order valence-electron chi connectivity index (χ4n) is 2.37. The molecule has 132 valence electrons. The first kappa shape index (κ1) is 21.6. The Hall–Kier alpha value is -0.380. The molecule has 0 amide bonds. The lowest BCUT2D eigenvalue weighted by molar-refractivity contribution is 0.00526. The Morgan fingerprint density at radius 2 is 1.36 bits per heavy atom. The van der Waals surface area contributed by atoms with Gasteiger partial charge in [0.2, 0.25) is 0 Å². The molecule has 0 fully saturated rings. The van der Waals surface area contributed by atoms with Gasteiger partial charge < -0.3 is 14.9 Å². The van der Waals surface area contributed by atoms with Crippen molar-refractivity contribution in [1.29, 1.82) is 0 Å². The molecule has 0 spiro atoms. The van der Waals surface area contributed by atoms with Crippen molar-refractivity contribution in [2.45, 2.75) is 90.1 Å². The maximum atomic E-state index is 9.09. The van der Waals surface area contributed by atoms with Crippen LogP contribution in [0.2, 0.25) is 0 Å². The molecule has 0 aliphatic carbocycles. The molecule has 0 aromatic heterocycles. The minimum absolute atomic E-state index is 0.215. The van der Waals surface area contributed by atoms with Crippen LogP contribution in [0.15, 0.2) is 12.2 Å². The van der Waals surface area contributed by atoms with Gasteiger partial charge in [-0.3, -0.25) is 0 Å². The molecule has 1 atom stereocenters. The van der Waals surface area contributed by atoms with E-state index < -0.39 is 6.10 Å². The Morgan fingerprint density at radius 3 is 1.95 bits per heavy atom. The van der Waals surface area contributed by atoms with E-state index >= 15 is 0 Å². The molecule has 0 aromatic rings. The molecule has 0 radical (unpaired) electrons. The van der Waals surface area contributed by atoms with Crippen molar-refractivity contribution in [2.24, 2.45) is 0 Å². The van der Waals surface area contributed by atoms with E-state index in [0.29, 0.717) is 6.61 Å². The third-order valence-electron chi connectivity index (χ3n) is 3.82. The van der Waals surface area contributed by atoms with E-state index in [-0.39, 0.29) is 13.2 Å². The summed E-state index contributed by atoms with van der Waals surface area (Å²) in [6, 6.07) is 0. The molecule has 0 heterocycles. The lowest BCUT2D eigenvalue weighted by atomic mass is 10.1. The number of ether oxygens (including phenoxy) is 1. The summed E-state index contributed by atoms with van der Waals surface area (Å²) in [5.74, 6) is 0. The van der Waals surface area contributed by atoms with Gasteiger partial charge in [-0.2, -0.15) is 0 Å². The quantitative estimate of drug-likeness (QED) is 0.304. The second-order valence-electron chi connectivity index (χ2n) is 6.14. The summed E-state index contributed by atoms with van der Waals surface area (Å²) in [5.41, 5.74) is 0. The highest BCUT2D eigenvalue weighted by Gasteiger charge is 2.00. The fraction of sp³-hybridized carbons (Fsp3) is 0.895. The first-order valence-corrected chi connectivity index (χ1v) is 9.33. The van der Waals surface area contributed by atoms with Crippen LogP contribution in [0.4, 0.5) is 0 Å². The summed E-state index contributed by atoms with van der Waals surface area (Å²) in [6.45, 7) is 2.98. The fourth-order valence-corrected chi connectivity index (χ4v) is 2.37. The molecule has 0 aliphatic heterocycles. The molecule has 22 heavy (non-hydrogen) atoms. The SMILES string of the molecule is CCCCCC/C=C\CCCCCCCCOCC(O)CO. The van der Waals surface area contributed by atoms with E-state index in [1.54, 1.807) is 0 Å². The lowest BCUT2D eigenvalue weighted by Crippen LogP contribution is -2.19. The van der Waals surface area contributed by atoms with Crippen LogP contribution >= 0.6 is 0 Å². The monoisotopic (exact) mass is 314 g/mol. The highest BCUT2D eigenvalue weighted by Crippen LogP contribution is 2.09. The second kappa shape index (κ2) is 18.7. The van der Waals surface area contributed by atoms with Crippen molar-refractivity contribution < 1.29 is 14.9 Å². The molecule has 1 unspecified atom stereocenters. The Morgan fingerprint density at radius 1 is 0.818 bits per heavy atom. The van der Waals surface area contributed by atoms with Crippen LogP contribution in [0.25, 0.3) is 0 Å². The molecule has 3 nitrogen and oxygen atoms in total. The molecule has 0 aliphatic rings. The Labute approximate surface area is 137 Å². The molecular formula is C19H38O3. The largest absolute Gasteiger partial charge is 0.394 e. The molecule has 0 saturated carbocycles. The van der Waals surface area contributed by atoms with Gasteiger partial charge >= 0.3 is 0 Å². The standard InChI is InChI=1S/C19H38O3/c1-2-3-4-5-6-7-8-9-10-11-12-13-14-15-16-22-18-19(21)17-20/h7-8,19-21H,2-6,9-18H2,1H3/b8-7-. The van der Waals surface area contributed by atoms with E-state index in [4.69, 9.17) is 14.9 Å². The van der Waals surface area contributed by atoms with Crippen molar-refractivity contribution in [1.82, 2.24) is 0 Å². The molecular weight excluding hydrogens is 276 g/mol. The van der Waals surface area contributed by atoms with Gasteiger partial charge in [-0.15, -0.1) is 0 Å². The van der Waals surface area contributed by atoms with Crippen LogP contribution in [0, 0.1) is 0 Å². The van der Waals surface area contributed by atoms with Crippen molar-refractivity contribution >= 4 is 0 Å². The molecule has 0 saturated heterocycles. The predicted octanol–water partition coefficient (Wildman–Crippen LogP) is 4.61. The maximum Gasteiger partial charge on any atom is 0.100 e. The van der Waals surface area contributed by atoms with Crippen molar-refractivity contribution in [2.75, 3.05) is 19.8 Å². The van der Waals surface area contributed by atoms with Gasteiger partial charge in [-0.1, -0.05) is 64.0 Å². The number of hydrogen-bond donors (Lipinski definition) is 2. The van der Waals surface area contributed by atoms with Crippen LogP contribution in [-0.2, 0) is 4.74 Å². The summed E-state index contributed by atoms with van der Waals surface area (Å²) in [4.78, 5) is 0. The van der Waals surface area contributed by atoms with Crippen LogP contribution in [0.5, 0.6) is 0 Å². The zero-order valence-electron chi connectivity index (χ0n) is 14.6. The summed E-state index contributed by atoms with van der Waals surface area (Å²) in [7, 11) is 0. The van der Waals surface area contributed by atoms with Gasteiger partial charge in [-0.25, -0.2) is 0 Å². The van der Waals surface area contributed by atoms with Crippen molar-refractivity contribution in [3.05, 3.63) is 12.2 Å². The topological polar surface area (TPSA) is 49.7 Å². The van der Waals surface area contributed by atoms with E-state index in [1.807, 2.05) is 0 Å². The number of rotatable bonds is 17. The Balaban J connectivity index is 3.06. The van der Waals surface area contributed by atoms with Gasteiger partial charge in [0.05, 0.1) is 13.2 Å². The highest BCUT2D eigenvalue weighted by atomic mass is 16.5. The molecule has 0 bridgehead atoms. The van der Waals surface area contributed by atoms with Crippen LogP contribution < -0.4 is 0 Å². The van der Waals surface area contributed by atoms with E-state index in [2.05, 4.69) is 19.1 Å². The third-order valence-corrected chi connectivity index (χ3v) is 3.82. The smallest absolute Gasteiger partial charge is 0.100 e. The lowest BCUT2D eigenvalue weighted by Gasteiger charge is -2.07. The summed E-state index contributed by atoms with van der Waals surface area (Å²) in [6.07, 6.45) is 19.4. The number of aliphatic hydroxyl groups is 2. The van der Waals surface area contributed by atoms with Crippen molar-refractivity contribution in [3.8, 4) is 0 Å². The Bertz CT molecular complexity index is 229. The highest BCUT2D eigenvalue weighted by molar-refractivity contribution is 4.81. The third kappa shape index (κ3) is 17.7. The van der Waals surface area contributed by atoms with E-state index in [0.717, 1.165) is 6.42 Å². The number of hydrogen-bond acceptors (Lipinski definition) is 3. The van der Waals surface area contributed by atoms with Crippen LogP contribution in [-0.4, -0.2) is 36.1 Å². The maximum absolute atomic E-state index is 9.09. The minimum Gasteiger partial charge on any atom is -0.394 e. The van der Waals surface area contributed by atoms with Crippen LogP contribution in [0.1, 0.15) is 84.0 Å². The van der Waals surface area contributed by atoms with Gasteiger partial charge in [0, 0.05) is 6.61 Å². The van der Waals surface area contributed by atoms with Gasteiger partial charge in [0.25, 0.3) is 0 Å².